The van der Waals surface area contributed by atoms with Crippen LogP contribution >= 0.6 is 15.9 Å². The molecule has 0 radical (unpaired) electrons. The van der Waals surface area contributed by atoms with Gasteiger partial charge >= 0.3 is 0 Å². The lowest BCUT2D eigenvalue weighted by molar-refractivity contribution is -0.120. The highest BCUT2D eigenvalue weighted by Crippen LogP contribution is 2.36. The van der Waals surface area contributed by atoms with Crippen molar-refractivity contribution in [3.63, 3.8) is 0 Å². The lowest BCUT2D eigenvalue weighted by Gasteiger charge is -2.12. The monoisotopic (exact) mass is 434 g/mol. The number of hydrogen-bond donors (Lipinski definition) is 1. The van der Waals surface area contributed by atoms with Crippen molar-refractivity contribution in [2.45, 2.75) is 20.3 Å². The Balaban J connectivity index is 1.90. The summed E-state index contributed by atoms with van der Waals surface area (Å²) >= 11 is 3.47. The zero-order valence-electron chi connectivity index (χ0n) is 15.6. The number of carbonyl (C=O) groups excluding carboxylic acids is 1. The molecule has 27 heavy (non-hydrogen) atoms. The maximum atomic E-state index is 11.9. The summed E-state index contributed by atoms with van der Waals surface area (Å²) in [6.45, 7) is 4.44. The molecule has 1 N–H and O–H groups in total. The van der Waals surface area contributed by atoms with Gasteiger partial charge in [0.2, 0.25) is 0 Å². The molecule has 2 aromatic rings. The first-order chi connectivity index (χ1) is 13.0. The van der Waals surface area contributed by atoms with E-state index in [1.54, 1.807) is 13.2 Å². The lowest BCUT2D eigenvalue weighted by Crippen LogP contribution is -2.16. The van der Waals surface area contributed by atoms with E-state index in [0.29, 0.717) is 18.1 Å². The number of carbonyl (C=O) groups is 1. The summed E-state index contributed by atoms with van der Waals surface area (Å²) < 4.78 is 11.8. The van der Waals surface area contributed by atoms with Crippen LogP contribution in [-0.2, 0) is 9.63 Å². The molecule has 0 fully saturated rings. The Kier molecular flexibility index (Phi) is 8.13. The lowest BCUT2D eigenvalue weighted by atomic mass is 10.2. The molecule has 2 rings (SSSR count). The van der Waals surface area contributed by atoms with E-state index in [9.17, 15) is 4.79 Å². The van der Waals surface area contributed by atoms with E-state index in [4.69, 9.17) is 14.3 Å². The smallest absolute Gasteiger partial charge is 0.265 e. The van der Waals surface area contributed by atoms with Crippen molar-refractivity contribution in [2.75, 3.05) is 25.6 Å². The molecule has 7 heteroatoms. The summed E-state index contributed by atoms with van der Waals surface area (Å²) in [5, 5.41) is 6.58. The minimum Gasteiger partial charge on any atom is -0.493 e. The van der Waals surface area contributed by atoms with E-state index in [1.807, 2.05) is 44.2 Å². The van der Waals surface area contributed by atoms with Gasteiger partial charge in [0, 0.05) is 11.3 Å². The molecule has 6 nitrogen and oxygen atoms in total. The van der Waals surface area contributed by atoms with Crippen molar-refractivity contribution in [1.82, 2.24) is 0 Å². The van der Waals surface area contributed by atoms with Gasteiger partial charge in [0.05, 0.1) is 24.4 Å². The number of methoxy groups -OCH3 is 1. The van der Waals surface area contributed by atoms with Gasteiger partial charge in [-0.1, -0.05) is 29.8 Å². The van der Waals surface area contributed by atoms with Crippen molar-refractivity contribution in [1.29, 1.82) is 0 Å². The highest BCUT2D eigenvalue weighted by atomic mass is 79.9. The summed E-state index contributed by atoms with van der Waals surface area (Å²) in [6.07, 6.45) is 2.41. The Morgan fingerprint density at radius 3 is 2.67 bits per heavy atom. The van der Waals surface area contributed by atoms with E-state index in [2.05, 4.69) is 26.4 Å². The van der Waals surface area contributed by atoms with E-state index in [-0.39, 0.29) is 12.5 Å². The van der Waals surface area contributed by atoms with Crippen molar-refractivity contribution in [2.24, 2.45) is 5.16 Å². The molecule has 0 saturated heterocycles. The van der Waals surface area contributed by atoms with Crippen LogP contribution in [-0.4, -0.2) is 32.4 Å². The average molecular weight is 435 g/mol. The predicted octanol–water partition coefficient (Wildman–Crippen LogP) is 4.54. The van der Waals surface area contributed by atoms with Crippen LogP contribution in [0.5, 0.6) is 11.5 Å². The molecule has 0 spiro atoms. The third kappa shape index (κ3) is 6.60. The molecule has 144 valence electrons. The fourth-order valence-electron chi connectivity index (χ4n) is 2.19. The summed E-state index contributed by atoms with van der Waals surface area (Å²) in [5.74, 6) is 0.962. The number of anilines is 1. The molecular formula is C20H23BrN2O4. The van der Waals surface area contributed by atoms with Gasteiger partial charge in [-0.25, -0.2) is 0 Å². The Morgan fingerprint density at radius 1 is 1.26 bits per heavy atom. The second kappa shape index (κ2) is 10.6. The third-order valence-corrected chi connectivity index (χ3v) is 4.10. The highest BCUT2D eigenvalue weighted by Gasteiger charge is 2.11. The van der Waals surface area contributed by atoms with Gasteiger partial charge in [-0.15, -0.1) is 0 Å². The maximum absolute atomic E-state index is 11.9. The van der Waals surface area contributed by atoms with Gasteiger partial charge in [-0.2, -0.15) is 0 Å². The zero-order chi connectivity index (χ0) is 19.6. The fourth-order valence-corrected chi connectivity index (χ4v) is 2.76. The Labute approximate surface area is 167 Å². The summed E-state index contributed by atoms with van der Waals surface area (Å²) in [4.78, 5) is 16.9. The number of nitrogens with zero attached hydrogens (tertiary/aromatic N) is 1. The number of amides is 1. The number of halogens is 1. The van der Waals surface area contributed by atoms with Crippen LogP contribution in [0.1, 0.15) is 24.5 Å². The molecule has 0 heterocycles. The van der Waals surface area contributed by atoms with Crippen LogP contribution in [0.15, 0.2) is 46.0 Å². The summed E-state index contributed by atoms with van der Waals surface area (Å²) in [7, 11) is 1.58. The van der Waals surface area contributed by atoms with Crippen molar-refractivity contribution >= 4 is 33.7 Å². The standard InChI is InChI=1S/C20H23BrN2O4/c1-4-9-26-20-17(21)10-15(11-18(20)25-3)12-22-27-13-19(24)23-16-7-5-14(2)6-8-16/h5-8,10-12H,4,9,13H2,1-3H3,(H,23,24). The van der Waals surface area contributed by atoms with Gasteiger partial charge in [0.25, 0.3) is 5.91 Å². The first kappa shape index (κ1) is 20.8. The van der Waals surface area contributed by atoms with Crippen molar-refractivity contribution in [3.8, 4) is 11.5 Å². The van der Waals surface area contributed by atoms with Crippen LogP contribution in [0.2, 0.25) is 0 Å². The maximum Gasteiger partial charge on any atom is 0.265 e. The molecule has 2 aromatic carbocycles. The second-order valence-corrected chi connectivity index (χ2v) is 6.66. The molecule has 1 amide bonds. The van der Waals surface area contributed by atoms with Gasteiger partial charge in [-0.3, -0.25) is 4.79 Å². The van der Waals surface area contributed by atoms with E-state index in [1.165, 1.54) is 6.21 Å². The van der Waals surface area contributed by atoms with Crippen LogP contribution in [0, 0.1) is 6.92 Å². The van der Waals surface area contributed by atoms with E-state index in [0.717, 1.165) is 27.7 Å². The average Bonchev–Trinajstić information content (AvgIpc) is 2.66. The Hall–Kier alpha value is -2.54. The van der Waals surface area contributed by atoms with E-state index >= 15 is 0 Å². The van der Waals surface area contributed by atoms with Gasteiger partial charge in [-0.05, 0) is 53.5 Å². The quantitative estimate of drug-likeness (QED) is 0.464. The molecule has 0 atom stereocenters. The molecule has 0 aliphatic heterocycles. The number of ether oxygens (including phenoxy) is 2. The summed E-state index contributed by atoms with van der Waals surface area (Å²) in [5.41, 5.74) is 2.59. The highest BCUT2D eigenvalue weighted by molar-refractivity contribution is 9.10. The van der Waals surface area contributed by atoms with Gasteiger partial charge < -0.3 is 19.6 Å². The van der Waals surface area contributed by atoms with Crippen LogP contribution in [0.4, 0.5) is 5.69 Å². The summed E-state index contributed by atoms with van der Waals surface area (Å²) in [6, 6.07) is 11.1. The van der Waals surface area contributed by atoms with Gasteiger partial charge in [0.1, 0.15) is 0 Å². The largest absolute Gasteiger partial charge is 0.493 e. The van der Waals surface area contributed by atoms with E-state index < -0.39 is 0 Å². The first-order valence-corrected chi connectivity index (χ1v) is 9.35. The molecule has 0 bridgehead atoms. The topological polar surface area (TPSA) is 69.2 Å². The van der Waals surface area contributed by atoms with Gasteiger partial charge in [0.15, 0.2) is 18.1 Å². The fraction of sp³-hybridized carbons (Fsp3) is 0.300. The molecule has 0 unspecified atom stereocenters. The van der Waals surface area contributed by atoms with Crippen LogP contribution in [0.3, 0.4) is 0 Å². The number of hydrogen-bond acceptors (Lipinski definition) is 5. The Morgan fingerprint density at radius 2 is 2.00 bits per heavy atom. The first-order valence-electron chi connectivity index (χ1n) is 8.55. The molecule has 0 aliphatic rings. The Bertz CT molecular complexity index is 791. The SMILES string of the molecule is CCCOc1c(Br)cc(C=NOCC(=O)Nc2ccc(C)cc2)cc1OC. The molecular weight excluding hydrogens is 412 g/mol. The molecule has 0 saturated carbocycles. The number of oxime groups is 1. The number of nitrogens with one attached hydrogen (secondary N) is 1. The molecule has 0 aromatic heterocycles. The second-order valence-electron chi connectivity index (χ2n) is 5.80. The number of rotatable bonds is 9. The molecule has 0 aliphatic carbocycles. The van der Waals surface area contributed by atoms with Crippen molar-refractivity contribution < 1.29 is 19.1 Å². The minimum atomic E-state index is -0.280. The van der Waals surface area contributed by atoms with Crippen LogP contribution in [0.25, 0.3) is 0 Å². The number of aryl methyl sites for hydroxylation is 1. The number of benzene rings is 2. The van der Waals surface area contributed by atoms with Crippen LogP contribution < -0.4 is 14.8 Å². The predicted molar refractivity (Wildman–Crippen MR) is 110 cm³/mol. The minimum absolute atomic E-state index is 0.180. The van der Waals surface area contributed by atoms with Crippen molar-refractivity contribution in [3.05, 3.63) is 52.0 Å². The third-order valence-electron chi connectivity index (χ3n) is 3.51. The normalized spacial score (nSPS) is 10.7. The zero-order valence-corrected chi connectivity index (χ0v) is 17.2.